The van der Waals surface area contributed by atoms with E-state index in [0.29, 0.717) is 6.54 Å². The Morgan fingerprint density at radius 3 is 2.12 bits per heavy atom. The van der Waals surface area contributed by atoms with E-state index in [4.69, 9.17) is 25.5 Å². The Labute approximate surface area is 92.5 Å². The lowest BCUT2D eigenvalue weighted by molar-refractivity contribution is -0.159. The zero-order valence-corrected chi connectivity index (χ0v) is 9.17. The summed E-state index contributed by atoms with van der Waals surface area (Å²) in [6, 6.07) is 2.05. The number of hydrogen-bond donors (Lipinski definition) is 3. The summed E-state index contributed by atoms with van der Waals surface area (Å²) in [5.41, 5.74) is 7.62. The lowest BCUT2D eigenvalue weighted by atomic mass is 10.4. The number of aryl methyl sites for hydroxylation is 2. The molecule has 0 unspecified atom stereocenters. The molecule has 0 amide bonds. The topological polar surface area (TPSA) is 118 Å². The lowest BCUT2D eigenvalue weighted by Crippen LogP contribution is -2.12. The number of carbonyl (C=O) groups is 2. The van der Waals surface area contributed by atoms with Crippen molar-refractivity contribution in [3.63, 3.8) is 0 Å². The molecule has 0 radical (unpaired) electrons. The first-order valence-corrected chi connectivity index (χ1v) is 4.55. The van der Waals surface area contributed by atoms with E-state index in [-0.39, 0.29) is 0 Å². The van der Waals surface area contributed by atoms with Crippen LogP contribution in [0.2, 0.25) is 0 Å². The highest BCUT2D eigenvalue weighted by atomic mass is 16.4. The molecule has 4 N–H and O–H groups in total. The average molecular weight is 229 g/mol. The zero-order valence-electron chi connectivity index (χ0n) is 9.17. The van der Waals surface area contributed by atoms with E-state index in [2.05, 4.69) is 11.2 Å². The Balaban J connectivity index is 0.000000325. The van der Waals surface area contributed by atoms with E-state index < -0.39 is 11.9 Å². The maximum absolute atomic E-state index is 9.10. The third kappa shape index (κ3) is 5.11. The Morgan fingerprint density at radius 2 is 1.88 bits per heavy atom. The van der Waals surface area contributed by atoms with Crippen molar-refractivity contribution in [2.75, 3.05) is 6.54 Å². The number of carboxylic acids is 2. The molecule has 1 rings (SSSR count). The molecule has 7 nitrogen and oxygen atoms in total. The lowest BCUT2D eigenvalue weighted by Gasteiger charge is -1.98. The summed E-state index contributed by atoms with van der Waals surface area (Å²) in [6.07, 6.45) is 0. The van der Waals surface area contributed by atoms with Gasteiger partial charge in [0.2, 0.25) is 0 Å². The number of aromatic nitrogens is 2. The van der Waals surface area contributed by atoms with E-state index in [1.165, 1.54) is 5.69 Å². The second-order valence-electron chi connectivity index (χ2n) is 3.05. The molecule has 16 heavy (non-hydrogen) atoms. The second kappa shape index (κ2) is 6.57. The minimum absolute atomic E-state index is 0.655. The molecule has 0 aliphatic rings. The van der Waals surface area contributed by atoms with Gasteiger partial charge in [0.1, 0.15) is 0 Å². The maximum Gasteiger partial charge on any atom is 0.414 e. The molecule has 7 heteroatoms. The van der Waals surface area contributed by atoms with Crippen molar-refractivity contribution in [2.24, 2.45) is 5.73 Å². The molecule has 0 atom stereocenters. The molecule has 0 bridgehead atoms. The van der Waals surface area contributed by atoms with Gasteiger partial charge in [-0.15, -0.1) is 0 Å². The van der Waals surface area contributed by atoms with Gasteiger partial charge < -0.3 is 15.9 Å². The highest BCUT2D eigenvalue weighted by molar-refractivity contribution is 6.27. The number of carboxylic acid groups (broad SMARTS) is 2. The van der Waals surface area contributed by atoms with Crippen LogP contribution < -0.4 is 5.73 Å². The van der Waals surface area contributed by atoms with Gasteiger partial charge in [-0.3, -0.25) is 4.68 Å². The van der Waals surface area contributed by atoms with Crippen LogP contribution in [0.25, 0.3) is 0 Å². The number of hydrogen-bond acceptors (Lipinski definition) is 4. The first-order chi connectivity index (χ1) is 7.38. The molecule has 1 heterocycles. The largest absolute Gasteiger partial charge is 0.473 e. The van der Waals surface area contributed by atoms with Crippen molar-refractivity contribution in [3.05, 3.63) is 17.5 Å². The van der Waals surface area contributed by atoms with Crippen LogP contribution in [-0.4, -0.2) is 38.5 Å². The highest BCUT2D eigenvalue weighted by Crippen LogP contribution is 1.99. The molecule has 90 valence electrons. The first-order valence-electron chi connectivity index (χ1n) is 4.55. The minimum Gasteiger partial charge on any atom is -0.473 e. The fourth-order valence-corrected chi connectivity index (χ4v) is 1.02. The van der Waals surface area contributed by atoms with E-state index in [9.17, 15) is 0 Å². The van der Waals surface area contributed by atoms with Crippen LogP contribution >= 0.6 is 0 Å². The monoisotopic (exact) mass is 229 g/mol. The molecule has 1 aromatic rings. The Kier molecular flexibility index (Phi) is 5.79. The zero-order chi connectivity index (χ0) is 12.7. The van der Waals surface area contributed by atoms with Crippen LogP contribution in [0.5, 0.6) is 0 Å². The van der Waals surface area contributed by atoms with E-state index in [1.54, 1.807) is 0 Å². The van der Waals surface area contributed by atoms with Crippen LogP contribution in [0, 0.1) is 13.8 Å². The maximum atomic E-state index is 9.10. The summed E-state index contributed by atoms with van der Waals surface area (Å²) in [7, 11) is 0. The van der Waals surface area contributed by atoms with Crippen molar-refractivity contribution in [1.29, 1.82) is 0 Å². The Hall–Kier alpha value is -1.89. The van der Waals surface area contributed by atoms with Crippen molar-refractivity contribution in [3.8, 4) is 0 Å². The molecule has 1 aromatic heterocycles. The molecule has 0 saturated heterocycles. The third-order valence-electron chi connectivity index (χ3n) is 1.63. The van der Waals surface area contributed by atoms with E-state index in [1.807, 2.05) is 18.5 Å². The number of aliphatic carboxylic acids is 2. The van der Waals surface area contributed by atoms with Gasteiger partial charge in [-0.2, -0.15) is 5.10 Å². The van der Waals surface area contributed by atoms with Crippen LogP contribution in [0.1, 0.15) is 11.4 Å². The van der Waals surface area contributed by atoms with Gasteiger partial charge in [0.25, 0.3) is 0 Å². The van der Waals surface area contributed by atoms with Crippen molar-refractivity contribution < 1.29 is 19.8 Å². The molecule has 0 fully saturated rings. The molecule has 0 aliphatic carbocycles. The SMILES string of the molecule is Cc1cc(C)n(CCN)n1.O=C(O)C(=O)O. The predicted molar refractivity (Wildman–Crippen MR) is 56.0 cm³/mol. The fourth-order valence-electron chi connectivity index (χ4n) is 1.02. The van der Waals surface area contributed by atoms with Crippen LogP contribution in [-0.2, 0) is 16.1 Å². The van der Waals surface area contributed by atoms with Crippen molar-refractivity contribution >= 4 is 11.9 Å². The molecular weight excluding hydrogens is 214 g/mol. The molecule has 0 aliphatic heterocycles. The van der Waals surface area contributed by atoms with Crippen molar-refractivity contribution in [1.82, 2.24) is 9.78 Å². The average Bonchev–Trinajstić information content (AvgIpc) is 2.46. The summed E-state index contributed by atoms with van der Waals surface area (Å²) < 4.78 is 1.93. The van der Waals surface area contributed by atoms with E-state index in [0.717, 1.165) is 12.2 Å². The molecule has 0 aromatic carbocycles. The van der Waals surface area contributed by atoms with Gasteiger partial charge >= 0.3 is 11.9 Å². The van der Waals surface area contributed by atoms with Gasteiger partial charge in [-0.05, 0) is 19.9 Å². The minimum atomic E-state index is -1.82. The van der Waals surface area contributed by atoms with Gasteiger partial charge in [0.15, 0.2) is 0 Å². The van der Waals surface area contributed by atoms with Gasteiger partial charge in [0, 0.05) is 12.2 Å². The molecule has 0 saturated carbocycles. The normalized spacial score (nSPS) is 9.19. The summed E-state index contributed by atoms with van der Waals surface area (Å²) in [6.45, 7) is 5.50. The summed E-state index contributed by atoms with van der Waals surface area (Å²) in [4.78, 5) is 18.2. The third-order valence-corrected chi connectivity index (χ3v) is 1.63. The molecule has 0 spiro atoms. The Morgan fingerprint density at radius 1 is 1.38 bits per heavy atom. The number of rotatable bonds is 2. The predicted octanol–water partition coefficient (Wildman–Crippen LogP) is -0.386. The van der Waals surface area contributed by atoms with Crippen molar-refractivity contribution in [2.45, 2.75) is 20.4 Å². The van der Waals surface area contributed by atoms with Crippen LogP contribution in [0.15, 0.2) is 6.07 Å². The van der Waals surface area contributed by atoms with Gasteiger partial charge in [-0.25, -0.2) is 9.59 Å². The first kappa shape index (κ1) is 14.1. The second-order valence-corrected chi connectivity index (χ2v) is 3.05. The van der Waals surface area contributed by atoms with Crippen LogP contribution in [0.4, 0.5) is 0 Å². The summed E-state index contributed by atoms with van der Waals surface area (Å²) in [5.74, 6) is -3.65. The number of nitrogens with zero attached hydrogens (tertiary/aromatic N) is 2. The summed E-state index contributed by atoms with van der Waals surface area (Å²) >= 11 is 0. The van der Waals surface area contributed by atoms with Gasteiger partial charge in [0.05, 0.1) is 12.2 Å². The fraction of sp³-hybridized carbons (Fsp3) is 0.444. The van der Waals surface area contributed by atoms with Gasteiger partial charge in [-0.1, -0.05) is 0 Å². The van der Waals surface area contributed by atoms with E-state index >= 15 is 0 Å². The smallest absolute Gasteiger partial charge is 0.414 e. The quantitative estimate of drug-likeness (QED) is 0.594. The molecular formula is C9H15N3O4. The Bertz CT molecular complexity index is 361. The number of nitrogens with two attached hydrogens (primary N) is 1. The summed E-state index contributed by atoms with van der Waals surface area (Å²) in [5, 5.41) is 19.0. The standard InChI is InChI=1S/C7H13N3.C2H2O4/c1-6-5-7(2)10(9-6)4-3-8;3-1(4)2(5)6/h5H,3-4,8H2,1-2H3;(H,3,4)(H,5,6). The van der Waals surface area contributed by atoms with Crippen LogP contribution in [0.3, 0.4) is 0 Å². The highest BCUT2D eigenvalue weighted by Gasteiger charge is 2.04.